The second kappa shape index (κ2) is 6.35. The number of hydrogen-bond donors (Lipinski definition) is 1. The Labute approximate surface area is 111 Å². The lowest BCUT2D eigenvalue weighted by Crippen LogP contribution is -2.42. The van der Waals surface area contributed by atoms with Gasteiger partial charge in [0.25, 0.3) is 0 Å². The van der Waals surface area contributed by atoms with Crippen LogP contribution in [-0.2, 0) is 6.54 Å². The summed E-state index contributed by atoms with van der Waals surface area (Å²) in [6.07, 6.45) is 4.10. The summed E-state index contributed by atoms with van der Waals surface area (Å²) in [4.78, 5) is 2.50. The molecule has 2 rings (SSSR count). The summed E-state index contributed by atoms with van der Waals surface area (Å²) in [7, 11) is 2.25. The summed E-state index contributed by atoms with van der Waals surface area (Å²) < 4.78 is 0. The Morgan fingerprint density at radius 2 is 1.94 bits per heavy atom. The third-order valence-corrected chi connectivity index (χ3v) is 4.25. The summed E-state index contributed by atoms with van der Waals surface area (Å²) in [5.41, 5.74) is 4.27. The molecule has 1 fully saturated rings. The highest BCUT2D eigenvalue weighted by Gasteiger charge is 2.18. The predicted octanol–water partition coefficient (Wildman–Crippen LogP) is 2.88. The largest absolute Gasteiger partial charge is 0.311 e. The fraction of sp³-hybridized carbons (Fsp3) is 0.625. The first-order chi connectivity index (χ1) is 8.68. The zero-order valence-corrected chi connectivity index (χ0v) is 12.0. The molecule has 2 nitrogen and oxygen atoms in total. The molecule has 1 aromatic rings. The second-order valence-electron chi connectivity index (χ2n) is 5.63. The molecule has 0 aromatic heterocycles. The van der Waals surface area contributed by atoms with E-state index in [9.17, 15) is 0 Å². The Hall–Kier alpha value is -0.860. The number of likely N-dealkylation sites (N-methyl/N-ethyl adjacent to an activating group) is 1. The summed E-state index contributed by atoms with van der Waals surface area (Å²) in [6, 6.07) is 7.28. The molecule has 1 saturated heterocycles. The molecule has 1 aliphatic heterocycles. The molecule has 1 aliphatic rings. The molecule has 1 heterocycles. The summed E-state index contributed by atoms with van der Waals surface area (Å²) in [5.74, 6) is 0. The first-order valence-corrected chi connectivity index (χ1v) is 7.14. The fourth-order valence-electron chi connectivity index (χ4n) is 2.89. The average Bonchev–Trinajstić information content (AvgIpc) is 2.35. The number of piperidine rings is 1. The SMILES string of the molecule is Cc1cccc(C)c1CNCC1CCCCN1C. The number of hydrogen-bond acceptors (Lipinski definition) is 2. The van der Waals surface area contributed by atoms with E-state index in [2.05, 4.69) is 49.3 Å². The molecule has 0 saturated carbocycles. The van der Waals surface area contributed by atoms with Gasteiger partial charge >= 0.3 is 0 Å². The van der Waals surface area contributed by atoms with E-state index in [-0.39, 0.29) is 0 Å². The first kappa shape index (κ1) is 13.6. The number of aryl methyl sites for hydroxylation is 2. The van der Waals surface area contributed by atoms with Gasteiger partial charge in [-0.25, -0.2) is 0 Å². The molecule has 0 radical (unpaired) electrons. The van der Waals surface area contributed by atoms with E-state index in [0.717, 1.165) is 19.1 Å². The second-order valence-corrected chi connectivity index (χ2v) is 5.63. The first-order valence-electron chi connectivity index (χ1n) is 7.14. The lowest BCUT2D eigenvalue weighted by atomic mass is 10.0. The lowest BCUT2D eigenvalue weighted by Gasteiger charge is -2.32. The van der Waals surface area contributed by atoms with E-state index < -0.39 is 0 Å². The van der Waals surface area contributed by atoms with Crippen molar-refractivity contribution in [3.63, 3.8) is 0 Å². The van der Waals surface area contributed by atoms with Gasteiger partial charge in [-0.05, 0) is 57.0 Å². The summed E-state index contributed by atoms with van der Waals surface area (Å²) in [6.45, 7) is 7.79. The van der Waals surface area contributed by atoms with Crippen LogP contribution >= 0.6 is 0 Å². The van der Waals surface area contributed by atoms with Gasteiger partial charge in [0, 0.05) is 19.1 Å². The average molecular weight is 246 g/mol. The highest BCUT2D eigenvalue weighted by Crippen LogP contribution is 2.15. The number of likely N-dealkylation sites (tertiary alicyclic amines) is 1. The van der Waals surface area contributed by atoms with Crippen LogP contribution < -0.4 is 5.32 Å². The molecule has 1 unspecified atom stereocenters. The van der Waals surface area contributed by atoms with Crippen molar-refractivity contribution in [3.8, 4) is 0 Å². The van der Waals surface area contributed by atoms with Crippen LogP contribution in [0.25, 0.3) is 0 Å². The van der Waals surface area contributed by atoms with Gasteiger partial charge in [0.1, 0.15) is 0 Å². The minimum Gasteiger partial charge on any atom is -0.311 e. The predicted molar refractivity (Wildman–Crippen MR) is 77.9 cm³/mol. The van der Waals surface area contributed by atoms with E-state index >= 15 is 0 Å². The van der Waals surface area contributed by atoms with Crippen molar-refractivity contribution in [1.82, 2.24) is 10.2 Å². The van der Waals surface area contributed by atoms with Gasteiger partial charge in [-0.1, -0.05) is 24.6 Å². The maximum absolute atomic E-state index is 3.64. The van der Waals surface area contributed by atoms with Crippen molar-refractivity contribution in [1.29, 1.82) is 0 Å². The Morgan fingerprint density at radius 3 is 2.61 bits per heavy atom. The Bertz CT molecular complexity index is 366. The quantitative estimate of drug-likeness (QED) is 0.879. The smallest absolute Gasteiger partial charge is 0.0217 e. The maximum atomic E-state index is 3.64. The molecular weight excluding hydrogens is 220 g/mol. The number of nitrogens with zero attached hydrogens (tertiary/aromatic N) is 1. The molecule has 0 bridgehead atoms. The van der Waals surface area contributed by atoms with E-state index in [1.165, 1.54) is 42.5 Å². The minimum absolute atomic E-state index is 0.725. The van der Waals surface area contributed by atoms with Gasteiger partial charge in [-0.3, -0.25) is 0 Å². The maximum Gasteiger partial charge on any atom is 0.0217 e. The number of benzene rings is 1. The van der Waals surface area contributed by atoms with Crippen molar-refractivity contribution in [3.05, 3.63) is 34.9 Å². The van der Waals surface area contributed by atoms with E-state index in [1.54, 1.807) is 0 Å². The molecule has 18 heavy (non-hydrogen) atoms. The Balaban J connectivity index is 1.84. The molecule has 0 spiro atoms. The monoisotopic (exact) mass is 246 g/mol. The molecule has 1 atom stereocenters. The fourth-order valence-corrected chi connectivity index (χ4v) is 2.89. The van der Waals surface area contributed by atoms with Crippen LogP contribution in [-0.4, -0.2) is 31.1 Å². The number of rotatable bonds is 4. The highest BCUT2D eigenvalue weighted by atomic mass is 15.2. The third kappa shape index (κ3) is 3.33. The van der Waals surface area contributed by atoms with Crippen LogP contribution in [0, 0.1) is 13.8 Å². The highest BCUT2D eigenvalue weighted by molar-refractivity contribution is 5.33. The van der Waals surface area contributed by atoms with Gasteiger partial charge in [0.05, 0.1) is 0 Å². The van der Waals surface area contributed by atoms with Gasteiger partial charge in [-0.15, -0.1) is 0 Å². The summed E-state index contributed by atoms with van der Waals surface area (Å²) >= 11 is 0. The van der Waals surface area contributed by atoms with Gasteiger partial charge in [0.15, 0.2) is 0 Å². The molecule has 1 aromatic carbocycles. The van der Waals surface area contributed by atoms with Gasteiger partial charge < -0.3 is 10.2 Å². The zero-order chi connectivity index (χ0) is 13.0. The molecule has 0 amide bonds. The molecule has 0 aliphatic carbocycles. The number of nitrogens with one attached hydrogen (secondary N) is 1. The summed E-state index contributed by atoms with van der Waals surface area (Å²) in [5, 5.41) is 3.64. The standard InChI is InChI=1S/C16H26N2/c1-13-7-6-8-14(2)16(13)12-17-11-15-9-4-5-10-18(15)3/h6-8,15,17H,4-5,9-12H2,1-3H3. The molecule has 2 heteroatoms. The van der Waals surface area contributed by atoms with E-state index in [0.29, 0.717) is 0 Å². The molecular formula is C16H26N2. The van der Waals surface area contributed by atoms with E-state index in [4.69, 9.17) is 0 Å². The van der Waals surface area contributed by atoms with E-state index in [1.807, 2.05) is 0 Å². The van der Waals surface area contributed by atoms with Crippen LogP contribution in [0.15, 0.2) is 18.2 Å². The van der Waals surface area contributed by atoms with Crippen molar-refractivity contribution in [2.24, 2.45) is 0 Å². The van der Waals surface area contributed by atoms with Crippen LogP contribution in [0.5, 0.6) is 0 Å². The third-order valence-electron chi connectivity index (χ3n) is 4.25. The van der Waals surface area contributed by atoms with Crippen LogP contribution in [0.3, 0.4) is 0 Å². The Kier molecular flexibility index (Phi) is 4.79. The van der Waals surface area contributed by atoms with Crippen molar-refractivity contribution in [2.45, 2.75) is 45.7 Å². The van der Waals surface area contributed by atoms with Crippen molar-refractivity contribution in [2.75, 3.05) is 20.1 Å². The van der Waals surface area contributed by atoms with Crippen molar-refractivity contribution < 1.29 is 0 Å². The zero-order valence-electron chi connectivity index (χ0n) is 12.0. The lowest BCUT2D eigenvalue weighted by molar-refractivity contribution is 0.181. The molecule has 1 N–H and O–H groups in total. The van der Waals surface area contributed by atoms with Gasteiger partial charge in [0.2, 0.25) is 0 Å². The van der Waals surface area contributed by atoms with Crippen LogP contribution in [0.2, 0.25) is 0 Å². The topological polar surface area (TPSA) is 15.3 Å². The van der Waals surface area contributed by atoms with Gasteiger partial charge in [-0.2, -0.15) is 0 Å². The normalized spacial score (nSPS) is 21.2. The van der Waals surface area contributed by atoms with Crippen LogP contribution in [0.1, 0.15) is 36.0 Å². The molecule has 100 valence electrons. The Morgan fingerprint density at radius 1 is 1.22 bits per heavy atom. The van der Waals surface area contributed by atoms with Crippen LogP contribution in [0.4, 0.5) is 0 Å². The minimum atomic E-state index is 0.725. The van der Waals surface area contributed by atoms with Crippen molar-refractivity contribution >= 4 is 0 Å².